The molecule has 1 amide bonds. The van der Waals surface area contributed by atoms with Crippen LogP contribution in [0.15, 0.2) is 41.2 Å². The Morgan fingerprint density at radius 1 is 1.45 bits per heavy atom. The second-order valence-corrected chi connectivity index (χ2v) is 4.88. The minimum Gasteiger partial charge on any atom is -0.472 e. The van der Waals surface area contributed by atoms with Crippen LogP contribution < -0.4 is 5.32 Å². The molecular formula is C15H16N2O5. The second kappa shape index (κ2) is 6.86. The molecule has 0 bridgehead atoms. The van der Waals surface area contributed by atoms with E-state index in [0.717, 1.165) is 0 Å². The molecule has 1 heterocycles. The maximum Gasteiger partial charge on any atom is 0.272 e. The fourth-order valence-corrected chi connectivity index (χ4v) is 2.06. The van der Waals surface area contributed by atoms with Crippen molar-refractivity contribution in [2.75, 3.05) is 6.54 Å². The molecule has 0 saturated heterocycles. The number of hydrogen-bond donors (Lipinski definition) is 2. The summed E-state index contributed by atoms with van der Waals surface area (Å²) in [6, 6.07) is 5.85. The van der Waals surface area contributed by atoms with Gasteiger partial charge >= 0.3 is 0 Å². The molecule has 0 fully saturated rings. The van der Waals surface area contributed by atoms with Gasteiger partial charge in [-0.25, -0.2) is 0 Å². The molecule has 7 heteroatoms. The van der Waals surface area contributed by atoms with Crippen LogP contribution in [0.2, 0.25) is 0 Å². The molecule has 0 saturated carbocycles. The fraction of sp³-hybridized carbons (Fsp3) is 0.267. The molecule has 0 spiro atoms. The third-order valence-electron chi connectivity index (χ3n) is 3.29. The highest BCUT2D eigenvalue weighted by molar-refractivity contribution is 5.94. The maximum absolute atomic E-state index is 12.0. The van der Waals surface area contributed by atoms with Gasteiger partial charge in [-0.3, -0.25) is 14.9 Å². The van der Waals surface area contributed by atoms with E-state index in [1.165, 1.54) is 30.7 Å². The summed E-state index contributed by atoms with van der Waals surface area (Å²) < 4.78 is 4.87. The van der Waals surface area contributed by atoms with Gasteiger partial charge in [-0.05, 0) is 31.5 Å². The molecule has 116 valence electrons. The van der Waals surface area contributed by atoms with E-state index in [4.69, 9.17) is 4.42 Å². The van der Waals surface area contributed by atoms with Crippen molar-refractivity contribution in [1.82, 2.24) is 5.32 Å². The summed E-state index contributed by atoms with van der Waals surface area (Å²) in [5.41, 5.74) is 1.41. The first-order chi connectivity index (χ1) is 10.5. The van der Waals surface area contributed by atoms with Gasteiger partial charge in [0, 0.05) is 29.3 Å². The predicted octanol–water partition coefficient (Wildman–Crippen LogP) is 2.35. The summed E-state index contributed by atoms with van der Waals surface area (Å²) in [4.78, 5) is 22.2. The monoisotopic (exact) mass is 304 g/mol. The Morgan fingerprint density at radius 3 is 2.82 bits per heavy atom. The van der Waals surface area contributed by atoms with Gasteiger partial charge in [0.15, 0.2) is 0 Å². The van der Waals surface area contributed by atoms with Crippen LogP contribution in [0.5, 0.6) is 0 Å². The predicted molar refractivity (Wildman–Crippen MR) is 78.5 cm³/mol. The summed E-state index contributed by atoms with van der Waals surface area (Å²) in [7, 11) is 0. The first kappa shape index (κ1) is 15.7. The third-order valence-corrected chi connectivity index (χ3v) is 3.29. The highest BCUT2D eigenvalue weighted by Gasteiger charge is 2.14. The van der Waals surface area contributed by atoms with E-state index in [0.29, 0.717) is 23.1 Å². The van der Waals surface area contributed by atoms with E-state index in [9.17, 15) is 20.0 Å². The Hall–Kier alpha value is -2.67. The van der Waals surface area contributed by atoms with Crippen LogP contribution in [-0.2, 0) is 0 Å². The lowest BCUT2D eigenvalue weighted by molar-refractivity contribution is -0.385. The van der Waals surface area contributed by atoms with E-state index in [1.54, 1.807) is 13.0 Å². The number of aliphatic hydroxyl groups excluding tert-OH is 1. The van der Waals surface area contributed by atoms with Crippen LogP contribution in [0.4, 0.5) is 5.69 Å². The van der Waals surface area contributed by atoms with Crippen LogP contribution in [0.25, 0.3) is 0 Å². The molecular weight excluding hydrogens is 288 g/mol. The number of carbonyl (C=O) groups excluding carboxylic acids is 1. The molecule has 1 aromatic heterocycles. The maximum atomic E-state index is 12.0. The van der Waals surface area contributed by atoms with Crippen molar-refractivity contribution in [2.45, 2.75) is 19.4 Å². The average Bonchev–Trinajstić information content (AvgIpc) is 3.00. The molecule has 2 aromatic rings. The Balaban J connectivity index is 1.90. The van der Waals surface area contributed by atoms with Crippen LogP contribution in [0.3, 0.4) is 0 Å². The van der Waals surface area contributed by atoms with Crippen LogP contribution >= 0.6 is 0 Å². The number of carbonyl (C=O) groups is 1. The number of nitro groups is 1. The summed E-state index contributed by atoms with van der Waals surface area (Å²) in [6.45, 7) is 1.86. The number of furan rings is 1. The number of nitrogens with zero attached hydrogens (tertiary/aromatic N) is 1. The van der Waals surface area contributed by atoms with Gasteiger partial charge in [-0.2, -0.15) is 0 Å². The lowest BCUT2D eigenvalue weighted by Crippen LogP contribution is -2.25. The van der Waals surface area contributed by atoms with E-state index in [1.807, 2.05) is 0 Å². The second-order valence-electron chi connectivity index (χ2n) is 4.88. The van der Waals surface area contributed by atoms with Crippen LogP contribution in [-0.4, -0.2) is 22.5 Å². The lowest BCUT2D eigenvalue weighted by atomic mass is 10.1. The topological polar surface area (TPSA) is 106 Å². The minimum atomic E-state index is -0.711. The number of nitrogens with one attached hydrogen (secondary N) is 1. The molecule has 1 aromatic carbocycles. The molecule has 0 aliphatic heterocycles. The zero-order chi connectivity index (χ0) is 16.1. The molecule has 1 unspecified atom stereocenters. The standard InChI is InChI=1S/C15H16N2O5/c1-10-8-11(2-3-13(10)17(20)21)15(19)16-6-4-14(18)12-5-7-22-9-12/h2-3,5,7-9,14,18H,4,6H2,1H3,(H,16,19). The van der Waals surface area contributed by atoms with Gasteiger partial charge in [0.2, 0.25) is 0 Å². The molecule has 22 heavy (non-hydrogen) atoms. The number of aliphatic hydroxyl groups is 1. The van der Waals surface area contributed by atoms with Gasteiger partial charge < -0.3 is 14.8 Å². The molecule has 0 aliphatic carbocycles. The molecule has 7 nitrogen and oxygen atoms in total. The van der Waals surface area contributed by atoms with Crippen molar-refractivity contribution >= 4 is 11.6 Å². The fourth-order valence-electron chi connectivity index (χ4n) is 2.06. The number of hydrogen-bond acceptors (Lipinski definition) is 5. The van der Waals surface area contributed by atoms with Crippen molar-refractivity contribution in [3.63, 3.8) is 0 Å². The molecule has 2 rings (SSSR count). The molecule has 0 aliphatic rings. The Bertz CT molecular complexity index is 667. The average molecular weight is 304 g/mol. The largest absolute Gasteiger partial charge is 0.472 e. The van der Waals surface area contributed by atoms with Crippen LogP contribution in [0.1, 0.15) is 34.0 Å². The quantitative estimate of drug-likeness (QED) is 0.629. The van der Waals surface area contributed by atoms with Gasteiger partial charge in [0.05, 0.1) is 23.6 Å². The van der Waals surface area contributed by atoms with Gasteiger partial charge in [0.25, 0.3) is 11.6 Å². The summed E-state index contributed by atoms with van der Waals surface area (Å²) in [5.74, 6) is -0.336. The highest BCUT2D eigenvalue weighted by atomic mass is 16.6. The van der Waals surface area contributed by atoms with Gasteiger partial charge in [0.1, 0.15) is 0 Å². The minimum absolute atomic E-state index is 0.0214. The van der Waals surface area contributed by atoms with Crippen molar-refractivity contribution in [3.8, 4) is 0 Å². The first-order valence-corrected chi connectivity index (χ1v) is 6.72. The smallest absolute Gasteiger partial charge is 0.272 e. The lowest BCUT2D eigenvalue weighted by Gasteiger charge is -2.10. The van der Waals surface area contributed by atoms with Gasteiger partial charge in [-0.1, -0.05) is 0 Å². The van der Waals surface area contributed by atoms with Crippen molar-refractivity contribution in [2.24, 2.45) is 0 Å². The Kier molecular flexibility index (Phi) is 4.90. The summed E-state index contributed by atoms with van der Waals surface area (Å²) >= 11 is 0. The number of rotatable bonds is 6. The SMILES string of the molecule is Cc1cc(C(=O)NCCC(O)c2ccoc2)ccc1[N+](=O)[O-]. The Labute approximate surface area is 126 Å². The highest BCUT2D eigenvalue weighted by Crippen LogP contribution is 2.19. The molecule has 1 atom stereocenters. The van der Waals surface area contributed by atoms with Crippen molar-refractivity contribution < 1.29 is 19.2 Å². The van der Waals surface area contributed by atoms with E-state index < -0.39 is 11.0 Å². The summed E-state index contributed by atoms with van der Waals surface area (Å²) in [6.07, 6.45) is 2.55. The number of aryl methyl sites for hydroxylation is 1. The zero-order valence-corrected chi connectivity index (χ0v) is 12.0. The molecule has 2 N–H and O–H groups in total. The zero-order valence-electron chi connectivity index (χ0n) is 12.0. The normalized spacial score (nSPS) is 11.9. The first-order valence-electron chi connectivity index (χ1n) is 6.72. The van der Waals surface area contributed by atoms with Crippen LogP contribution in [0, 0.1) is 17.0 Å². The number of nitro benzene ring substituents is 1. The molecule has 0 radical (unpaired) electrons. The third kappa shape index (κ3) is 3.70. The van der Waals surface area contributed by atoms with Crippen molar-refractivity contribution in [1.29, 1.82) is 0 Å². The number of benzene rings is 1. The van der Waals surface area contributed by atoms with Gasteiger partial charge in [-0.15, -0.1) is 0 Å². The Morgan fingerprint density at radius 2 is 2.23 bits per heavy atom. The van der Waals surface area contributed by atoms with E-state index in [2.05, 4.69) is 5.32 Å². The van der Waals surface area contributed by atoms with Crippen molar-refractivity contribution in [3.05, 3.63) is 63.6 Å². The van der Waals surface area contributed by atoms with E-state index in [-0.39, 0.29) is 18.1 Å². The summed E-state index contributed by atoms with van der Waals surface area (Å²) in [5, 5.41) is 23.2. The number of amides is 1. The van der Waals surface area contributed by atoms with E-state index >= 15 is 0 Å².